The van der Waals surface area contributed by atoms with Crippen LogP contribution in [0.4, 0.5) is 5.69 Å². The number of nitrogens with zero attached hydrogens (tertiary/aromatic N) is 2. The van der Waals surface area contributed by atoms with Gasteiger partial charge in [0.1, 0.15) is 12.7 Å². The summed E-state index contributed by atoms with van der Waals surface area (Å²) in [4.78, 5) is 28.4. The third kappa shape index (κ3) is 6.21. The highest BCUT2D eigenvalue weighted by molar-refractivity contribution is 5.94. The predicted octanol–water partition coefficient (Wildman–Crippen LogP) is 1.83. The number of aliphatic hydroxyl groups is 1. The number of amides is 2. The second-order valence-corrected chi connectivity index (χ2v) is 7.98. The second kappa shape index (κ2) is 11.0. The molecule has 1 atom stereocenters. The molecule has 2 N–H and O–H groups in total. The van der Waals surface area contributed by atoms with Crippen molar-refractivity contribution in [3.05, 3.63) is 53.6 Å². The summed E-state index contributed by atoms with van der Waals surface area (Å²) >= 11 is 0. The minimum atomic E-state index is -0.831. The fraction of sp³-hybridized carbons (Fsp3) is 0.417. The van der Waals surface area contributed by atoms with Crippen LogP contribution in [0, 0.1) is 13.8 Å². The van der Waals surface area contributed by atoms with Gasteiger partial charge in [-0.1, -0.05) is 30.3 Å². The number of hydrogen-bond acceptors (Lipinski definition) is 6. The predicted molar refractivity (Wildman–Crippen MR) is 122 cm³/mol. The summed E-state index contributed by atoms with van der Waals surface area (Å²) in [6.07, 6.45) is -0.831. The molecule has 2 aromatic rings. The van der Waals surface area contributed by atoms with Crippen LogP contribution in [0.5, 0.6) is 11.5 Å². The fourth-order valence-corrected chi connectivity index (χ4v) is 3.71. The molecule has 1 heterocycles. The van der Waals surface area contributed by atoms with Gasteiger partial charge in [0.2, 0.25) is 11.8 Å². The Hall–Kier alpha value is -3.10. The van der Waals surface area contributed by atoms with Gasteiger partial charge in [0.05, 0.1) is 20.2 Å². The molecule has 8 heteroatoms. The number of β-amino-alcohol motifs (C(OH)–C–C–N with tert-alkyl or cyclic N) is 1. The summed E-state index contributed by atoms with van der Waals surface area (Å²) in [7, 11) is 1.55. The highest BCUT2D eigenvalue weighted by Gasteiger charge is 2.27. The molecule has 0 bridgehead atoms. The molecular weight excluding hydrogens is 410 g/mol. The number of piperazine rings is 1. The normalized spacial score (nSPS) is 15.4. The highest BCUT2D eigenvalue weighted by atomic mass is 16.5. The third-order valence-electron chi connectivity index (χ3n) is 5.44. The van der Waals surface area contributed by atoms with E-state index in [0.29, 0.717) is 24.6 Å². The largest absolute Gasteiger partial charge is 0.493 e. The molecule has 0 spiro atoms. The van der Waals surface area contributed by atoms with Gasteiger partial charge >= 0.3 is 0 Å². The molecule has 1 aliphatic heterocycles. The minimum Gasteiger partial charge on any atom is -0.493 e. The number of aliphatic hydroxyl groups excluding tert-OH is 1. The maximum absolute atomic E-state index is 12.5. The van der Waals surface area contributed by atoms with Gasteiger partial charge in [-0.2, -0.15) is 0 Å². The number of aryl methyl sites for hydroxylation is 2. The van der Waals surface area contributed by atoms with Crippen LogP contribution in [0.3, 0.4) is 0 Å². The first kappa shape index (κ1) is 23.6. The van der Waals surface area contributed by atoms with E-state index in [1.165, 1.54) is 0 Å². The number of carbonyl (C=O) groups is 2. The number of nitrogens with one attached hydrogen (secondary N) is 1. The zero-order valence-electron chi connectivity index (χ0n) is 18.8. The Morgan fingerprint density at radius 1 is 1.09 bits per heavy atom. The van der Waals surface area contributed by atoms with Gasteiger partial charge in [0, 0.05) is 25.3 Å². The van der Waals surface area contributed by atoms with Crippen LogP contribution >= 0.6 is 0 Å². The summed E-state index contributed by atoms with van der Waals surface area (Å²) in [5.41, 5.74) is 2.83. The van der Waals surface area contributed by atoms with Crippen LogP contribution in [0.1, 0.15) is 11.1 Å². The molecular formula is C24H31N3O5. The zero-order valence-corrected chi connectivity index (χ0v) is 18.8. The summed E-state index contributed by atoms with van der Waals surface area (Å²) in [5.74, 6) is 0.866. The Balaban J connectivity index is 1.44. The molecule has 0 saturated carbocycles. The lowest BCUT2D eigenvalue weighted by Crippen LogP contribution is -2.54. The van der Waals surface area contributed by atoms with Gasteiger partial charge in [-0.3, -0.25) is 14.5 Å². The first-order chi connectivity index (χ1) is 15.4. The SMILES string of the molecule is COc1ccccc1OCC(O)CN1CCN(CC(=O)Nc2c(C)cccc2C)CC1=O. The zero-order chi connectivity index (χ0) is 23.1. The van der Waals surface area contributed by atoms with Crippen LogP contribution in [-0.4, -0.2) is 79.3 Å². The Labute approximate surface area is 188 Å². The van der Waals surface area contributed by atoms with Gasteiger partial charge in [0.25, 0.3) is 0 Å². The molecule has 1 saturated heterocycles. The maximum Gasteiger partial charge on any atom is 0.238 e. The topological polar surface area (TPSA) is 91.3 Å². The summed E-state index contributed by atoms with van der Waals surface area (Å²) in [6.45, 7) is 5.42. The smallest absolute Gasteiger partial charge is 0.238 e. The molecule has 0 radical (unpaired) electrons. The number of ether oxygens (including phenoxy) is 2. The summed E-state index contributed by atoms with van der Waals surface area (Å²) < 4.78 is 10.9. The number of benzene rings is 2. The van der Waals surface area contributed by atoms with E-state index in [1.807, 2.05) is 49.1 Å². The molecule has 1 unspecified atom stereocenters. The van der Waals surface area contributed by atoms with E-state index in [4.69, 9.17) is 9.47 Å². The number of hydrogen-bond donors (Lipinski definition) is 2. The van der Waals surface area contributed by atoms with E-state index >= 15 is 0 Å². The number of anilines is 1. The van der Waals surface area contributed by atoms with Crippen molar-refractivity contribution < 1.29 is 24.2 Å². The molecule has 1 aliphatic rings. The maximum atomic E-state index is 12.5. The Bertz CT molecular complexity index is 929. The second-order valence-electron chi connectivity index (χ2n) is 7.98. The molecule has 1 fully saturated rings. The molecule has 2 amide bonds. The lowest BCUT2D eigenvalue weighted by atomic mass is 10.1. The van der Waals surface area contributed by atoms with Crippen LogP contribution in [-0.2, 0) is 9.59 Å². The number of para-hydroxylation sites is 3. The Morgan fingerprint density at radius 2 is 1.78 bits per heavy atom. The first-order valence-electron chi connectivity index (χ1n) is 10.7. The number of rotatable bonds is 9. The average Bonchev–Trinajstić information content (AvgIpc) is 2.77. The number of methoxy groups -OCH3 is 1. The van der Waals surface area contributed by atoms with Crippen LogP contribution in [0.25, 0.3) is 0 Å². The van der Waals surface area contributed by atoms with E-state index in [9.17, 15) is 14.7 Å². The van der Waals surface area contributed by atoms with E-state index in [2.05, 4.69) is 5.32 Å². The first-order valence-corrected chi connectivity index (χ1v) is 10.7. The van der Waals surface area contributed by atoms with Crippen molar-refractivity contribution in [1.29, 1.82) is 0 Å². The van der Waals surface area contributed by atoms with Gasteiger partial charge in [-0.25, -0.2) is 0 Å². The van der Waals surface area contributed by atoms with Crippen molar-refractivity contribution in [2.24, 2.45) is 0 Å². The molecule has 0 aliphatic carbocycles. The standard InChI is InChI=1S/C24H31N3O5/c1-17-7-6-8-18(2)24(17)25-22(29)14-26-11-12-27(23(30)15-26)13-19(28)16-32-21-10-5-4-9-20(21)31-3/h4-10,19,28H,11-16H2,1-3H3,(H,25,29). The quantitative estimate of drug-likeness (QED) is 0.617. The van der Waals surface area contributed by atoms with Gasteiger partial charge in [0.15, 0.2) is 11.5 Å². The molecule has 172 valence electrons. The molecule has 8 nitrogen and oxygen atoms in total. The molecule has 32 heavy (non-hydrogen) atoms. The van der Waals surface area contributed by atoms with Crippen molar-refractivity contribution in [1.82, 2.24) is 9.80 Å². The van der Waals surface area contributed by atoms with Crippen molar-refractivity contribution in [2.45, 2.75) is 20.0 Å². The molecule has 2 aromatic carbocycles. The van der Waals surface area contributed by atoms with E-state index < -0.39 is 6.10 Å². The van der Waals surface area contributed by atoms with E-state index in [-0.39, 0.29) is 38.1 Å². The van der Waals surface area contributed by atoms with Crippen LogP contribution < -0.4 is 14.8 Å². The molecule has 3 rings (SSSR count). The Morgan fingerprint density at radius 3 is 2.44 bits per heavy atom. The summed E-state index contributed by atoms with van der Waals surface area (Å²) in [5, 5.41) is 13.3. The molecule has 0 aromatic heterocycles. The monoisotopic (exact) mass is 441 g/mol. The van der Waals surface area contributed by atoms with E-state index in [0.717, 1.165) is 16.8 Å². The highest BCUT2D eigenvalue weighted by Crippen LogP contribution is 2.26. The van der Waals surface area contributed by atoms with Crippen LogP contribution in [0.2, 0.25) is 0 Å². The van der Waals surface area contributed by atoms with Gasteiger partial charge < -0.3 is 24.8 Å². The lowest BCUT2D eigenvalue weighted by molar-refractivity contribution is -0.138. The van der Waals surface area contributed by atoms with E-state index in [1.54, 1.807) is 24.1 Å². The average molecular weight is 442 g/mol. The Kier molecular flexibility index (Phi) is 8.08. The minimum absolute atomic E-state index is 0.0477. The van der Waals surface area contributed by atoms with Gasteiger partial charge in [-0.15, -0.1) is 0 Å². The lowest BCUT2D eigenvalue weighted by Gasteiger charge is -2.35. The summed E-state index contributed by atoms with van der Waals surface area (Å²) in [6, 6.07) is 13.1. The van der Waals surface area contributed by atoms with Gasteiger partial charge in [-0.05, 0) is 37.1 Å². The van der Waals surface area contributed by atoms with Crippen molar-refractivity contribution in [3.8, 4) is 11.5 Å². The third-order valence-corrected chi connectivity index (χ3v) is 5.44. The fourth-order valence-electron chi connectivity index (χ4n) is 3.71. The van der Waals surface area contributed by atoms with Crippen molar-refractivity contribution >= 4 is 17.5 Å². The van der Waals surface area contributed by atoms with Crippen molar-refractivity contribution in [2.75, 3.05) is 51.8 Å². The number of carbonyl (C=O) groups excluding carboxylic acids is 2. The van der Waals surface area contributed by atoms with Crippen LogP contribution in [0.15, 0.2) is 42.5 Å². The van der Waals surface area contributed by atoms with Crippen molar-refractivity contribution in [3.63, 3.8) is 0 Å².